The van der Waals surface area contributed by atoms with E-state index in [1.807, 2.05) is 20.8 Å². The monoisotopic (exact) mass is 265 g/mol. The summed E-state index contributed by atoms with van der Waals surface area (Å²) < 4.78 is 5.05. The third-order valence-electron chi connectivity index (χ3n) is 2.93. The molecular formula is C14H23N3O2. The van der Waals surface area contributed by atoms with E-state index in [4.69, 9.17) is 10.5 Å². The number of nitrogen functional groups attached to an aromatic ring is 1. The molecule has 0 aromatic carbocycles. The number of aromatic nitrogens is 1. The van der Waals surface area contributed by atoms with Gasteiger partial charge >= 0.3 is 0 Å². The van der Waals surface area contributed by atoms with Gasteiger partial charge in [-0.2, -0.15) is 0 Å². The Bertz CT molecular complexity index is 433. The fraction of sp³-hybridized carbons (Fsp3) is 0.571. The van der Waals surface area contributed by atoms with Crippen LogP contribution in [0.3, 0.4) is 0 Å². The van der Waals surface area contributed by atoms with Gasteiger partial charge in [0.1, 0.15) is 5.82 Å². The van der Waals surface area contributed by atoms with E-state index in [-0.39, 0.29) is 11.9 Å². The number of methoxy groups -OCH3 is 1. The Labute approximate surface area is 114 Å². The van der Waals surface area contributed by atoms with E-state index < -0.39 is 0 Å². The Morgan fingerprint density at radius 2 is 2.16 bits per heavy atom. The van der Waals surface area contributed by atoms with Gasteiger partial charge < -0.3 is 15.4 Å². The van der Waals surface area contributed by atoms with Gasteiger partial charge in [0, 0.05) is 31.0 Å². The molecule has 5 nitrogen and oxygen atoms in total. The highest BCUT2D eigenvalue weighted by atomic mass is 16.5. The predicted octanol–water partition coefficient (Wildman–Crippen LogP) is 1.72. The Balaban J connectivity index is 2.98. The quantitative estimate of drug-likeness (QED) is 0.850. The van der Waals surface area contributed by atoms with Crippen LogP contribution in [0.4, 0.5) is 5.82 Å². The minimum atomic E-state index is -0.0316. The van der Waals surface area contributed by atoms with Gasteiger partial charge in [0.2, 0.25) is 0 Å². The van der Waals surface area contributed by atoms with Crippen molar-refractivity contribution < 1.29 is 9.53 Å². The van der Waals surface area contributed by atoms with E-state index in [9.17, 15) is 4.79 Å². The molecule has 0 aliphatic rings. The first-order valence-corrected chi connectivity index (χ1v) is 6.56. The van der Waals surface area contributed by atoms with Gasteiger partial charge in [0.15, 0.2) is 0 Å². The van der Waals surface area contributed by atoms with E-state index in [0.29, 0.717) is 24.5 Å². The molecular weight excluding hydrogens is 242 g/mol. The third-order valence-corrected chi connectivity index (χ3v) is 2.93. The Hall–Kier alpha value is -1.62. The van der Waals surface area contributed by atoms with Gasteiger partial charge in [-0.25, -0.2) is 4.98 Å². The summed E-state index contributed by atoms with van der Waals surface area (Å²) in [5.41, 5.74) is 7.17. The van der Waals surface area contributed by atoms with Crippen molar-refractivity contribution in [2.75, 3.05) is 26.0 Å². The lowest BCUT2D eigenvalue weighted by atomic mass is 10.1. The van der Waals surface area contributed by atoms with E-state index >= 15 is 0 Å². The number of nitrogens with two attached hydrogens (primary N) is 1. The Morgan fingerprint density at radius 3 is 2.68 bits per heavy atom. The Kier molecular flexibility index (Phi) is 5.76. The van der Waals surface area contributed by atoms with Gasteiger partial charge in [-0.3, -0.25) is 4.79 Å². The van der Waals surface area contributed by atoms with Crippen LogP contribution in [0.25, 0.3) is 0 Å². The van der Waals surface area contributed by atoms with Gasteiger partial charge in [0.05, 0.1) is 6.61 Å². The number of rotatable bonds is 6. The molecule has 1 aromatic rings. The summed E-state index contributed by atoms with van der Waals surface area (Å²) in [7, 11) is 1.63. The molecule has 0 aliphatic heterocycles. The largest absolute Gasteiger partial charge is 0.384 e. The molecule has 0 saturated carbocycles. The highest BCUT2D eigenvalue weighted by Crippen LogP contribution is 2.13. The highest BCUT2D eigenvalue weighted by molar-refractivity contribution is 5.95. The summed E-state index contributed by atoms with van der Waals surface area (Å²) in [5, 5.41) is 0. The minimum Gasteiger partial charge on any atom is -0.384 e. The van der Waals surface area contributed by atoms with Crippen molar-refractivity contribution in [3.8, 4) is 0 Å². The van der Waals surface area contributed by atoms with Crippen LogP contribution in [0.2, 0.25) is 0 Å². The topological polar surface area (TPSA) is 68.5 Å². The molecule has 0 unspecified atom stereocenters. The van der Waals surface area contributed by atoms with E-state index in [1.165, 1.54) is 0 Å². The summed E-state index contributed by atoms with van der Waals surface area (Å²) in [6.07, 6.45) is 0.755. The normalized spacial score (nSPS) is 10.8. The molecule has 1 rings (SSSR count). The molecule has 1 aromatic heterocycles. The number of carbonyl (C=O) groups is 1. The van der Waals surface area contributed by atoms with Crippen molar-refractivity contribution in [2.24, 2.45) is 0 Å². The first-order chi connectivity index (χ1) is 8.99. The SMILES string of the molecule is CCc1cc(C(=O)N(CCOC)C(C)C)cc(N)n1. The van der Waals surface area contributed by atoms with E-state index in [0.717, 1.165) is 12.1 Å². The smallest absolute Gasteiger partial charge is 0.254 e. The lowest BCUT2D eigenvalue weighted by Crippen LogP contribution is -2.39. The molecule has 0 spiro atoms. The maximum Gasteiger partial charge on any atom is 0.254 e. The summed E-state index contributed by atoms with van der Waals surface area (Å²) in [6, 6.07) is 3.55. The second-order valence-corrected chi connectivity index (χ2v) is 4.71. The maximum absolute atomic E-state index is 12.5. The molecule has 19 heavy (non-hydrogen) atoms. The predicted molar refractivity (Wildman–Crippen MR) is 76.1 cm³/mol. The van der Waals surface area contributed by atoms with Crippen LogP contribution in [0.5, 0.6) is 0 Å². The number of amides is 1. The molecule has 106 valence electrons. The molecule has 0 radical (unpaired) electrons. The van der Waals surface area contributed by atoms with Crippen LogP contribution in [-0.2, 0) is 11.2 Å². The molecule has 0 aliphatic carbocycles. The number of carbonyl (C=O) groups excluding carboxylic acids is 1. The van der Waals surface area contributed by atoms with Crippen molar-refractivity contribution in [3.05, 3.63) is 23.4 Å². The third kappa shape index (κ3) is 4.21. The molecule has 0 bridgehead atoms. The summed E-state index contributed by atoms with van der Waals surface area (Å²) in [6.45, 7) is 7.04. The second-order valence-electron chi connectivity index (χ2n) is 4.71. The molecule has 2 N–H and O–H groups in total. The number of pyridine rings is 1. The second kappa shape index (κ2) is 7.09. The number of anilines is 1. The van der Waals surface area contributed by atoms with E-state index in [2.05, 4.69) is 4.98 Å². The van der Waals surface area contributed by atoms with Crippen molar-refractivity contribution in [2.45, 2.75) is 33.2 Å². The number of aryl methyl sites for hydroxylation is 1. The van der Waals surface area contributed by atoms with Crippen molar-refractivity contribution in [1.82, 2.24) is 9.88 Å². The molecule has 1 amide bonds. The maximum atomic E-state index is 12.5. The lowest BCUT2D eigenvalue weighted by molar-refractivity contribution is 0.0635. The first kappa shape index (κ1) is 15.4. The first-order valence-electron chi connectivity index (χ1n) is 6.56. The summed E-state index contributed by atoms with van der Waals surface area (Å²) in [4.78, 5) is 18.5. The molecule has 0 fully saturated rings. The van der Waals surface area contributed by atoms with Crippen LogP contribution >= 0.6 is 0 Å². The minimum absolute atomic E-state index is 0.0316. The molecule has 0 saturated heterocycles. The van der Waals surface area contributed by atoms with E-state index in [1.54, 1.807) is 24.1 Å². The van der Waals surface area contributed by atoms with Crippen LogP contribution in [0.15, 0.2) is 12.1 Å². The number of hydrogen-bond donors (Lipinski definition) is 1. The zero-order chi connectivity index (χ0) is 14.4. The zero-order valence-electron chi connectivity index (χ0n) is 12.1. The van der Waals surface area contributed by atoms with Crippen LogP contribution in [0, 0.1) is 0 Å². The average molecular weight is 265 g/mol. The summed E-state index contributed by atoms with van der Waals surface area (Å²) >= 11 is 0. The number of hydrogen-bond acceptors (Lipinski definition) is 4. The van der Waals surface area contributed by atoms with Crippen LogP contribution < -0.4 is 5.73 Å². The lowest BCUT2D eigenvalue weighted by Gasteiger charge is -2.26. The van der Waals surface area contributed by atoms with Gasteiger partial charge in [-0.05, 0) is 32.4 Å². The van der Waals surface area contributed by atoms with Crippen molar-refractivity contribution >= 4 is 11.7 Å². The fourth-order valence-electron chi connectivity index (χ4n) is 1.87. The Morgan fingerprint density at radius 1 is 1.47 bits per heavy atom. The van der Waals surface area contributed by atoms with Crippen molar-refractivity contribution in [3.63, 3.8) is 0 Å². The van der Waals surface area contributed by atoms with Gasteiger partial charge in [-0.1, -0.05) is 6.92 Å². The molecule has 5 heteroatoms. The fourth-order valence-corrected chi connectivity index (χ4v) is 1.87. The molecule has 1 heterocycles. The standard InChI is InChI=1S/C14H23N3O2/c1-5-12-8-11(9-13(15)16-12)14(18)17(10(2)3)6-7-19-4/h8-10H,5-7H2,1-4H3,(H2,15,16). The molecule has 0 atom stereocenters. The zero-order valence-corrected chi connectivity index (χ0v) is 12.1. The van der Waals surface area contributed by atoms with Crippen LogP contribution in [0.1, 0.15) is 36.8 Å². The average Bonchev–Trinajstić information content (AvgIpc) is 2.37. The highest BCUT2D eigenvalue weighted by Gasteiger charge is 2.19. The number of nitrogens with zero attached hydrogens (tertiary/aromatic N) is 2. The summed E-state index contributed by atoms with van der Waals surface area (Å²) in [5.74, 6) is 0.356. The van der Waals surface area contributed by atoms with Crippen LogP contribution in [-0.4, -0.2) is 42.1 Å². The van der Waals surface area contributed by atoms with Crippen molar-refractivity contribution in [1.29, 1.82) is 0 Å². The van der Waals surface area contributed by atoms with Gasteiger partial charge in [-0.15, -0.1) is 0 Å². The number of ether oxygens (including phenoxy) is 1. The van der Waals surface area contributed by atoms with Gasteiger partial charge in [0.25, 0.3) is 5.91 Å².